The van der Waals surface area contributed by atoms with E-state index in [0.29, 0.717) is 53.4 Å². The third kappa shape index (κ3) is 7.20. The summed E-state index contributed by atoms with van der Waals surface area (Å²) in [5.74, 6) is 0.920. The van der Waals surface area contributed by atoms with E-state index in [0.717, 1.165) is 51.4 Å². The normalized spacial score (nSPS) is 32.3. The minimum atomic E-state index is -4.44. The zero-order chi connectivity index (χ0) is 34.3. The SMILES string of the molecule is C=C(C(=O)N[C@H](C(=O)O)c1ccc(OC)cc1)C(C)CC[C@@H](C)[C@H]1CCC2=C3CCC4C[C@@H](OS(=O)(=O)O)CC[C@]4(C)[C@H]3CC[C@@]21C. The minimum Gasteiger partial charge on any atom is -0.497 e. The number of carboxylic acid groups (broad SMARTS) is 1. The van der Waals surface area contributed by atoms with Crippen LogP contribution in [0.3, 0.4) is 0 Å². The number of carbonyl (C=O) groups is 2. The first-order valence-corrected chi connectivity index (χ1v) is 18.7. The fourth-order valence-corrected chi connectivity index (χ4v) is 10.6. The number of ether oxygens (including phenoxy) is 1. The van der Waals surface area contributed by atoms with Crippen LogP contribution in [0.25, 0.3) is 0 Å². The number of amides is 1. The molecule has 9 nitrogen and oxygen atoms in total. The van der Waals surface area contributed by atoms with Gasteiger partial charge in [-0.05, 0) is 129 Å². The van der Waals surface area contributed by atoms with Crippen LogP contribution >= 0.6 is 0 Å². The van der Waals surface area contributed by atoms with E-state index in [2.05, 4.69) is 32.7 Å². The quantitative estimate of drug-likeness (QED) is 0.118. The van der Waals surface area contributed by atoms with Crippen molar-refractivity contribution in [1.29, 1.82) is 0 Å². The molecule has 0 radical (unpaired) electrons. The van der Waals surface area contributed by atoms with Gasteiger partial charge in [-0.25, -0.2) is 8.98 Å². The molecule has 3 fully saturated rings. The lowest BCUT2D eigenvalue weighted by atomic mass is 9.49. The third-order valence-electron chi connectivity index (χ3n) is 12.9. The number of aliphatic carboxylic acids is 1. The number of hydrogen-bond acceptors (Lipinski definition) is 6. The largest absolute Gasteiger partial charge is 0.497 e. The second-order valence-corrected chi connectivity index (χ2v) is 16.4. The zero-order valence-corrected chi connectivity index (χ0v) is 29.4. The molecule has 1 aromatic carbocycles. The molecule has 4 aliphatic carbocycles. The van der Waals surface area contributed by atoms with Crippen molar-refractivity contribution in [3.63, 3.8) is 0 Å². The van der Waals surface area contributed by atoms with E-state index in [4.69, 9.17) is 8.92 Å². The molecule has 1 aromatic rings. The summed E-state index contributed by atoms with van der Waals surface area (Å²) in [5.41, 5.74) is 4.52. The highest BCUT2D eigenvalue weighted by Gasteiger charge is 2.56. The monoisotopic (exact) mass is 671 g/mol. The van der Waals surface area contributed by atoms with E-state index in [1.165, 1.54) is 6.42 Å². The number of methoxy groups -OCH3 is 1. The van der Waals surface area contributed by atoms with Gasteiger partial charge in [-0.3, -0.25) is 9.35 Å². The molecule has 0 heterocycles. The number of fused-ring (bicyclic) bond motifs is 4. The molecule has 0 spiro atoms. The molecule has 0 aromatic heterocycles. The molecule has 3 N–H and O–H groups in total. The van der Waals surface area contributed by atoms with Crippen molar-refractivity contribution in [1.82, 2.24) is 5.32 Å². The predicted octanol–water partition coefficient (Wildman–Crippen LogP) is 7.46. The molecule has 10 heteroatoms. The summed E-state index contributed by atoms with van der Waals surface area (Å²) in [6, 6.07) is 5.47. The number of carboxylic acids is 1. The Morgan fingerprint density at radius 3 is 2.38 bits per heavy atom. The van der Waals surface area contributed by atoms with Gasteiger partial charge in [0.1, 0.15) is 5.75 Å². The lowest BCUT2D eigenvalue weighted by Gasteiger charge is -2.57. The molecule has 5 rings (SSSR count). The summed E-state index contributed by atoms with van der Waals surface area (Å²) in [7, 11) is -2.90. The molecule has 4 aliphatic rings. The van der Waals surface area contributed by atoms with Crippen molar-refractivity contribution in [2.45, 2.75) is 110 Å². The van der Waals surface area contributed by atoms with Crippen LogP contribution in [-0.2, 0) is 24.2 Å². The third-order valence-corrected chi connectivity index (χ3v) is 13.4. The number of benzene rings is 1. The Labute approximate surface area is 280 Å². The van der Waals surface area contributed by atoms with Crippen LogP contribution in [0.1, 0.15) is 110 Å². The van der Waals surface area contributed by atoms with Crippen molar-refractivity contribution in [3.8, 4) is 5.75 Å². The molecule has 9 atom stereocenters. The second kappa shape index (κ2) is 13.7. The highest BCUT2D eigenvalue weighted by atomic mass is 32.3. The van der Waals surface area contributed by atoms with Gasteiger partial charge in [0, 0.05) is 5.57 Å². The van der Waals surface area contributed by atoms with E-state index in [9.17, 15) is 27.7 Å². The van der Waals surface area contributed by atoms with E-state index in [-0.39, 0.29) is 16.7 Å². The summed E-state index contributed by atoms with van der Waals surface area (Å²) in [6.45, 7) is 13.3. The van der Waals surface area contributed by atoms with Crippen LogP contribution in [0.5, 0.6) is 5.75 Å². The average molecular weight is 672 g/mol. The zero-order valence-electron chi connectivity index (χ0n) is 28.6. The number of nitrogens with one attached hydrogen (secondary N) is 1. The summed E-state index contributed by atoms with van der Waals surface area (Å²) < 4.78 is 42.2. The van der Waals surface area contributed by atoms with Gasteiger partial charge in [-0.1, -0.05) is 57.6 Å². The Bertz CT molecular complexity index is 1500. The van der Waals surface area contributed by atoms with Crippen molar-refractivity contribution >= 4 is 22.3 Å². The van der Waals surface area contributed by atoms with Crippen LogP contribution in [0, 0.1) is 40.4 Å². The maximum Gasteiger partial charge on any atom is 0.397 e. The molecule has 3 saturated carbocycles. The lowest BCUT2D eigenvalue weighted by molar-refractivity contribution is -0.141. The van der Waals surface area contributed by atoms with Crippen LogP contribution in [0.2, 0.25) is 0 Å². The second-order valence-electron chi connectivity index (χ2n) is 15.3. The van der Waals surface area contributed by atoms with Crippen LogP contribution in [-0.4, -0.2) is 43.2 Å². The first-order valence-electron chi connectivity index (χ1n) is 17.3. The average Bonchev–Trinajstić information content (AvgIpc) is 3.38. The number of carbonyl (C=O) groups excluding carboxylic acids is 1. The number of rotatable bonds is 12. The highest BCUT2D eigenvalue weighted by Crippen LogP contribution is 2.66. The minimum absolute atomic E-state index is 0.0827. The standard InChI is InChI=1S/C37H53NO8S/c1-22(24(3)34(39)38-33(35(40)41)25-9-12-27(45-6)13-10-25)7-8-23(2)30-15-16-31-29-14-11-26-21-28(46-47(42,43)44)17-19-36(26,4)32(29)18-20-37(30,31)5/h9-10,12-13,22-23,26,28,30,32-33H,3,7-8,11,14-21H2,1-2,4-6H3,(H,38,39)(H,40,41)(H,42,43,44)/t22?,23-,26?,28+,30-,32+,33+,36+,37-/m1/s1. The molecule has 0 aliphatic heterocycles. The Kier molecular flexibility index (Phi) is 10.4. The number of allylic oxidation sites excluding steroid dienone is 2. The summed E-state index contributed by atoms with van der Waals surface area (Å²) in [6.07, 6.45) is 10.3. The molecule has 260 valence electrons. The van der Waals surface area contributed by atoms with Gasteiger partial charge in [0.2, 0.25) is 5.91 Å². The molecular formula is C37H53NO8S. The van der Waals surface area contributed by atoms with Crippen LogP contribution in [0.4, 0.5) is 0 Å². The van der Waals surface area contributed by atoms with Crippen molar-refractivity contribution in [2.24, 2.45) is 40.4 Å². The Hall–Kier alpha value is -2.69. The molecule has 47 heavy (non-hydrogen) atoms. The van der Waals surface area contributed by atoms with Gasteiger partial charge in [-0.15, -0.1) is 0 Å². The fraction of sp³-hybridized carbons (Fsp3) is 0.676. The van der Waals surface area contributed by atoms with Crippen molar-refractivity contribution in [3.05, 3.63) is 53.1 Å². The Morgan fingerprint density at radius 1 is 1.04 bits per heavy atom. The molecule has 0 saturated heterocycles. The molecule has 0 bridgehead atoms. The summed E-state index contributed by atoms with van der Waals surface area (Å²) in [5, 5.41) is 12.5. The molecule has 1 amide bonds. The van der Waals surface area contributed by atoms with Gasteiger partial charge in [0.15, 0.2) is 6.04 Å². The summed E-state index contributed by atoms with van der Waals surface area (Å²) in [4.78, 5) is 25.1. The van der Waals surface area contributed by atoms with Gasteiger partial charge in [0.05, 0.1) is 13.2 Å². The summed E-state index contributed by atoms with van der Waals surface area (Å²) >= 11 is 0. The topological polar surface area (TPSA) is 139 Å². The molecule has 2 unspecified atom stereocenters. The molecular weight excluding hydrogens is 618 g/mol. The maximum atomic E-state index is 13.1. The maximum absolute atomic E-state index is 13.1. The predicted molar refractivity (Wildman–Crippen MR) is 180 cm³/mol. The highest BCUT2D eigenvalue weighted by molar-refractivity contribution is 7.80. The lowest BCUT2D eigenvalue weighted by Crippen LogP contribution is -2.48. The van der Waals surface area contributed by atoms with Crippen LogP contribution < -0.4 is 10.1 Å². The first-order chi connectivity index (χ1) is 22.1. The number of hydrogen-bond donors (Lipinski definition) is 3. The Balaban J connectivity index is 1.19. The van der Waals surface area contributed by atoms with Crippen molar-refractivity contribution < 1.29 is 36.6 Å². The van der Waals surface area contributed by atoms with E-state index < -0.39 is 34.4 Å². The van der Waals surface area contributed by atoms with E-state index in [1.54, 1.807) is 42.5 Å². The Morgan fingerprint density at radius 2 is 1.74 bits per heavy atom. The fourth-order valence-electron chi connectivity index (χ4n) is 10.1. The smallest absolute Gasteiger partial charge is 0.397 e. The van der Waals surface area contributed by atoms with E-state index in [1.807, 2.05) is 6.92 Å². The van der Waals surface area contributed by atoms with Crippen molar-refractivity contribution in [2.75, 3.05) is 7.11 Å². The van der Waals surface area contributed by atoms with E-state index >= 15 is 0 Å². The van der Waals surface area contributed by atoms with Crippen LogP contribution in [0.15, 0.2) is 47.6 Å². The van der Waals surface area contributed by atoms with Gasteiger partial charge in [-0.2, -0.15) is 8.42 Å². The first kappa shape index (κ1) is 35.6. The van der Waals surface area contributed by atoms with Gasteiger partial charge >= 0.3 is 16.4 Å². The van der Waals surface area contributed by atoms with Gasteiger partial charge < -0.3 is 15.2 Å². The van der Waals surface area contributed by atoms with Gasteiger partial charge in [0.25, 0.3) is 0 Å².